The van der Waals surface area contributed by atoms with Crippen LogP contribution in [0.5, 0.6) is 0 Å². The zero-order chi connectivity index (χ0) is 14.0. The first-order chi connectivity index (χ1) is 8.97. The lowest BCUT2D eigenvalue weighted by Gasteiger charge is -2.14. The highest BCUT2D eigenvalue weighted by molar-refractivity contribution is 6.30. The van der Waals surface area contributed by atoms with Crippen LogP contribution in [0.15, 0.2) is 36.4 Å². The molecule has 1 nitrogen and oxygen atoms in total. The Morgan fingerprint density at radius 3 is 2.53 bits per heavy atom. The Morgan fingerprint density at radius 1 is 1.11 bits per heavy atom. The summed E-state index contributed by atoms with van der Waals surface area (Å²) in [4.78, 5) is 0. The van der Waals surface area contributed by atoms with Crippen molar-refractivity contribution >= 4 is 11.6 Å². The van der Waals surface area contributed by atoms with Crippen molar-refractivity contribution in [1.82, 2.24) is 0 Å². The molecule has 2 N–H and O–H groups in total. The lowest BCUT2D eigenvalue weighted by Crippen LogP contribution is -2.16. The predicted octanol–water partition coefficient (Wildman–Crippen LogP) is 4.17. The largest absolute Gasteiger partial charge is 0.324 e. The van der Waals surface area contributed by atoms with Gasteiger partial charge in [0, 0.05) is 16.6 Å². The van der Waals surface area contributed by atoms with Gasteiger partial charge in [0.15, 0.2) is 0 Å². The molecule has 0 bridgehead atoms. The number of nitrogens with two attached hydrogens (primary N) is 1. The summed E-state index contributed by atoms with van der Waals surface area (Å²) in [5, 5.41) is 0.438. The van der Waals surface area contributed by atoms with E-state index in [-0.39, 0.29) is 18.1 Å². The van der Waals surface area contributed by atoms with E-state index in [2.05, 4.69) is 0 Å². The second-order valence-corrected chi connectivity index (χ2v) is 5.01. The van der Waals surface area contributed by atoms with Gasteiger partial charge in [0.25, 0.3) is 0 Å². The van der Waals surface area contributed by atoms with E-state index in [1.54, 1.807) is 12.1 Å². The molecule has 2 aromatic rings. The summed E-state index contributed by atoms with van der Waals surface area (Å²) in [7, 11) is 0. The van der Waals surface area contributed by atoms with Gasteiger partial charge in [-0.3, -0.25) is 0 Å². The van der Waals surface area contributed by atoms with Gasteiger partial charge in [-0.1, -0.05) is 29.3 Å². The van der Waals surface area contributed by atoms with Crippen molar-refractivity contribution in [3.63, 3.8) is 0 Å². The first-order valence-electron chi connectivity index (χ1n) is 5.93. The third-order valence-corrected chi connectivity index (χ3v) is 3.23. The SMILES string of the molecule is Cc1ccc(F)c(C(N)Cc2cc(Cl)ccc2F)c1. The Balaban J connectivity index is 2.27. The molecule has 0 radical (unpaired) electrons. The molecule has 4 heteroatoms. The number of aryl methyl sites for hydroxylation is 1. The predicted molar refractivity (Wildman–Crippen MR) is 73.2 cm³/mol. The van der Waals surface area contributed by atoms with E-state index in [0.29, 0.717) is 16.1 Å². The molecule has 100 valence electrons. The van der Waals surface area contributed by atoms with Gasteiger partial charge >= 0.3 is 0 Å². The van der Waals surface area contributed by atoms with Gasteiger partial charge in [-0.05, 0) is 43.2 Å². The average molecular weight is 282 g/mol. The molecule has 0 heterocycles. The van der Waals surface area contributed by atoms with Gasteiger partial charge in [-0.2, -0.15) is 0 Å². The Morgan fingerprint density at radius 2 is 1.79 bits per heavy atom. The normalized spacial score (nSPS) is 12.5. The van der Waals surface area contributed by atoms with Crippen LogP contribution in [0.4, 0.5) is 8.78 Å². The number of hydrogen-bond acceptors (Lipinski definition) is 1. The van der Waals surface area contributed by atoms with Crippen LogP contribution in [-0.2, 0) is 6.42 Å². The molecule has 1 unspecified atom stereocenters. The highest BCUT2D eigenvalue weighted by atomic mass is 35.5. The second-order valence-electron chi connectivity index (χ2n) is 4.57. The quantitative estimate of drug-likeness (QED) is 0.898. The molecular weight excluding hydrogens is 268 g/mol. The molecule has 0 fully saturated rings. The minimum atomic E-state index is -0.604. The summed E-state index contributed by atoms with van der Waals surface area (Å²) < 4.78 is 27.3. The molecule has 19 heavy (non-hydrogen) atoms. The zero-order valence-electron chi connectivity index (χ0n) is 10.5. The molecule has 0 aliphatic heterocycles. The summed E-state index contributed by atoms with van der Waals surface area (Å²) in [5.41, 5.74) is 7.66. The third-order valence-electron chi connectivity index (χ3n) is 3.00. The minimum Gasteiger partial charge on any atom is -0.324 e. The third kappa shape index (κ3) is 3.31. The monoisotopic (exact) mass is 281 g/mol. The van der Waals surface area contributed by atoms with Crippen LogP contribution < -0.4 is 5.73 Å². The summed E-state index contributed by atoms with van der Waals surface area (Å²) in [6, 6.07) is 8.40. The van der Waals surface area contributed by atoms with E-state index >= 15 is 0 Å². The highest BCUT2D eigenvalue weighted by Gasteiger charge is 2.14. The van der Waals surface area contributed by atoms with Crippen LogP contribution in [0.2, 0.25) is 5.02 Å². The lowest BCUT2D eigenvalue weighted by atomic mass is 9.97. The summed E-state index contributed by atoms with van der Waals surface area (Å²) in [5.74, 6) is -0.756. The van der Waals surface area contributed by atoms with Crippen molar-refractivity contribution in [2.24, 2.45) is 5.73 Å². The molecule has 1 atom stereocenters. The number of benzene rings is 2. The van der Waals surface area contributed by atoms with Gasteiger partial charge in [0.1, 0.15) is 11.6 Å². The topological polar surface area (TPSA) is 26.0 Å². The maximum absolute atomic E-state index is 13.7. The van der Waals surface area contributed by atoms with Crippen LogP contribution in [0.1, 0.15) is 22.7 Å². The van der Waals surface area contributed by atoms with E-state index in [0.717, 1.165) is 5.56 Å². The van der Waals surface area contributed by atoms with Crippen molar-refractivity contribution in [2.45, 2.75) is 19.4 Å². The molecule has 0 saturated heterocycles. The Bertz CT molecular complexity index is 599. The van der Waals surface area contributed by atoms with E-state index in [9.17, 15) is 8.78 Å². The molecule has 0 saturated carbocycles. The average Bonchev–Trinajstić information content (AvgIpc) is 2.36. The molecule has 2 rings (SSSR count). The Hall–Kier alpha value is -1.45. The number of hydrogen-bond donors (Lipinski definition) is 1. The van der Waals surface area contributed by atoms with Crippen molar-refractivity contribution in [3.05, 3.63) is 69.7 Å². The summed E-state index contributed by atoms with van der Waals surface area (Å²) in [6.45, 7) is 1.86. The molecule has 0 spiro atoms. The Labute approximate surface area is 116 Å². The van der Waals surface area contributed by atoms with Crippen LogP contribution >= 0.6 is 11.6 Å². The lowest BCUT2D eigenvalue weighted by molar-refractivity contribution is 0.563. The van der Waals surface area contributed by atoms with Gasteiger partial charge in [0.05, 0.1) is 0 Å². The molecule has 0 aromatic heterocycles. The fourth-order valence-electron chi connectivity index (χ4n) is 1.99. The number of rotatable bonds is 3. The zero-order valence-corrected chi connectivity index (χ0v) is 11.2. The molecule has 0 amide bonds. The maximum Gasteiger partial charge on any atom is 0.128 e. The van der Waals surface area contributed by atoms with Gasteiger partial charge in [-0.25, -0.2) is 8.78 Å². The fourth-order valence-corrected chi connectivity index (χ4v) is 2.19. The van der Waals surface area contributed by atoms with Gasteiger partial charge < -0.3 is 5.73 Å². The van der Waals surface area contributed by atoms with E-state index < -0.39 is 6.04 Å². The smallest absolute Gasteiger partial charge is 0.128 e. The maximum atomic E-state index is 13.7. The first kappa shape index (κ1) is 14.0. The highest BCUT2D eigenvalue weighted by Crippen LogP contribution is 2.23. The molecule has 0 aliphatic carbocycles. The van der Waals surface area contributed by atoms with Crippen LogP contribution in [-0.4, -0.2) is 0 Å². The van der Waals surface area contributed by atoms with Crippen LogP contribution in [0, 0.1) is 18.6 Å². The number of halogens is 3. The summed E-state index contributed by atoms with van der Waals surface area (Å²) in [6.07, 6.45) is 0.201. The minimum absolute atomic E-state index is 0.201. The molecule has 0 aliphatic rings. The first-order valence-corrected chi connectivity index (χ1v) is 6.30. The standard InChI is InChI=1S/C15H14ClF2N/c1-9-2-4-14(18)12(6-9)15(19)8-10-7-11(16)3-5-13(10)17/h2-7,15H,8,19H2,1H3. The second kappa shape index (κ2) is 5.68. The van der Waals surface area contributed by atoms with Crippen LogP contribution in [0.25, 0.3) is 0 Å². The van der Waals surface area contributed by atoms with E-state index in [1.807, 2.05) is 6.92 Å². The van der Waals surface area contributed by atoms with Crippen LogP contribution in [0.3, 0.4) is 0 Å². The molecule has 2 aromatic carbocycles. The Kier molecular flexibility index (Phi) is 4.17. The molecular formula is C15H14ClF2N. The van der Waals surface area contributed by atoms with E-state index in [4.69, 9.17) is 17.3 Å². The van der Waals surface area contributed by atoms with Crippen molar-refractivity contribution in [1.29, 1.82) is 0 Å². The van der Waals surface area contributed by atoms with Gasteiger partial charge in [0.2, 0.25) is 0 Å². The van der Waals surface area contributed by atoms with Gasteiger partial charge in [-0.15, -0.1) is 0 Å². The van der Waals surface area contributed by atoms with Crippen molar-refractivity contribution in [3.8, 4) is 0 Å². The fraction of sp³-hybridized carbons (Fsp3) is 0.200. The summed E-state index contributed by atoms with van der Waals surface area (Å²) >= 11 is 5.82. The van der Waals surface area contributed by atoms with E-state index in [1.165, 1.54) is 24.3 Å². The van der Waals surface area contributed by atoms with Crippen molar-refractivity contribution in [2.75, 3.05) is 0 Å². The van der Waals surface area contributed by atoms with Crippen molar-refractivity contribution < 1.29 is 8.78 Å².